The number of hydrogen-bond donors (Lipinski definition) is 2. The van der Waals surface area contributed by atoms with E-state index in [4.69, 9.17) is 14.2 Å². The van der Waals surface area contributed by atoms with Gasteiger partial charge in [-0.1, -0.05) is 0 Å². The molecule has 2 aromatic rings. The van der Waals surface area contributed by atoms with E-state index in [-0.39, 0.29) is 45.4 Å². The smallest absolute Gasteiger partial charge is 0.229 e. The summed E-state index contributed by atoms with van der Waals surface area (Å²) in [4.78, 5) is 21.7. The maximum Gasteiger partial charge on any atom is 0.229 e. The molecule has 0 amide bonds. The Labute approximate surface area is 156 Å². The number of ether oxygens (including phenoxy) is 3. The minimum Gasteiger partial charge on any atom is -0.397 e. The average Bonchev–Trinajstić information content (AvgIpc) is 3.09. The number of nitrogens with one attached hydrogen (secondary N) is 1. The Hall–Kier alpha value is -0.706. The number of H-pyrrole nitrogens is 1. The number of hydrogen-bond acceptors (Lipinski definition) is 7. The van der Waals surface area contributed by atoms with E-state index in [9.17, 15) is 9.90 Å². The summed E-state index contributed by atoms with van der Waals surface area (Å²) in [6, 6.07) is 0. The molecule has 2 N–H and O–H groups in total. The summed E-state index contributed by atoms with van der Waals surface area (Å²) in [5, 5.41) is 9.50. The Bertz CT molecular complexity index is 775. The van der Waals surface area contributed by atoms with Crippen molar-refractivity contribution in [2.75, 3.05) is 6.61 Å². The average molecular weight is 396 g/mol. The van der Waals surface area contributed by atoms with Gasteiger partial charge in [0.15, 0.2) is 12.0 Å². The van der Waals surface area contributed by atoms with E-state index in [2.05, 4.69) is 21.1 Å². The van der Waals surface area contributed by atoms with Gasteiger partial charge in [0, 0.05) is 43.9 Å². The zero-order valence-electron chi connectivity index (χ0n) is 12.6. The number of aliphatic hydroxyl groups excluding tert-OH is 1. The van der Waals surface area contributed by atoms with Crippen LogP contribution in [0, 0.1) is 6.20 Å². The molecule has 1 radical (unpaired) electrons. The van der Waals surface area contributed by atoms with E-state index < -0.39 is 29.9 Å². The second kappa shape index (κ2) is 5.98. The topological polar surface area (TPSA) is 111 Å². The van der Waals surface area contributed by atoms with Gasteiger partial charge in [0.1, 0.15) is 18.3 Å². The molecular formula is C13H15N4O5Y-. The molecule has 23 heavy (non-hydrogen) atoms. The normalized spacial score (nSPS) is 32.0. The molecule has 0 spiro atoms. The van der Waals surface area contributed by atoms with Gasteiger partial charge in [0.05, 0.1) is 12.9 Å². The molecular weight excluding hydrogens is 381 g/mol. The van der Waals surface area contributed by atoms with Crippen molar-refractivity contribution in [3.63, 3.8) is 0 Å². The standard InChI is InChI=1S/C13H15N4O5.Y/c1-13(2)21-8-7(4-18)20-11(9(8)22-13)17-5-15-6-3-14-12(19)16-10(6)17;/h5,7-9,11,18H,4H2,1-2H3,(H,14,16,19);/q-1;/t7-,8+,9?,11-;/m1./s1. The van der Waals surface area contributed by atoms with Crippen LogP contribution in [0.3, 0.4) is 0 Å². The minimum absolute atomic E-state index is 0. The molecule has 1 unspecified atom stereocenters. The number of aromatic amines is 1. The molecule has 2 fully saturated rings. The first-order chi connectivity index (χ1) is 10.5. The largest absolute Gasteiger partial charge is 0.397 e. The van der Waals surface area contributed by atoms with E-state index in [1.54, 1.807) is 4.57 Å². The van der Waals surface area contributed by atoms with Crippen molar-refractivity contribution in [1.82, 2.24) is 19.5 Å². The summed E-state index contributed by atoms with van der Waals surface area (Å²) in [7, 11) is 0. The Balaban J connectivity index is 0.00000156. The van der Waals surface area contributed by atoms with Gasteiger partial charge < -0.3 is 38.6 Å². The summed E-state index contributed by atoms with van der Waals surface area (Å²) in [5.41, 5.74) is 0.340. The molecule has 2 aromatic heterocycles. The van der Waals surface area contributed by atoms with Crippen LogP contribution in [0.5, 0.6) is 0 Å². The Morgan fingerprint density at radius 3 is 2.91 bits per heavy atom. The third-order valence-corrected chi connectivity index (χ3v) is 3.86. The van der Waals surface area contributed by atoms with Gasteiger partial charge in [0.25, 0.3) is 0 Å². The van der Waals surface area contributed by atoms with Gasteiger partial charge in [-0.25, -0.2) is 0 Å². The fourth-order valence-corrected chi connectivity index (χ4v) is 3.02. The minimum atomic E-state index is -0.762. The van der Waals surface area contributed by atoms with Crippen molar-refractivity contribution in [2.24, 2.45) is 0 Å². The molecule has 0 saturated carbocycles. The number of nitrogens with zero attached hydrogens (tertiary/aromatic N) is 3. The van der Waals surface area contributed by atoms with E-state index in [0.29, 0.717) is 11.2 Å². The summed E-state index contributed by atoms with van der Waals surface area (Å²) in [6.45, 7) is 3.43. The van der Waals surface area contributed by atoms with Crippen molar-refractivity contribution < 1.29 is 52.0 Å². The summed E-state index contributed by atoms with van der Waals surface area (Å²) in [6.07, 6.45) is 2.20. The van der Waals surface area contributed by atoms with E-state index in [0.717, 1.165) is 0 Å². The van der Waals surface area contributed by atoms with Crippen LogP contribution in [-0.2, 0) is 46.9 Å². The van der Waals surface area contributed by atoms with E-state index in [1.165, 1.54) is 6.33 Å². The monoisotopic (exact) mass is 396 g/mol. The van der Waals surface area contributed by atoms with Crippen LogP contribution in [0.25, 0.3) is 11.2 Å². The number of aliphatic hydroxyl groups is 1. The fourth-order valence-electron chi connectivity index (χ4n) is 3.02. The molecule has 4 heterocycles. The maximum atomic E-state index is 11.4. The van der Waals surface area contributed by atoms with Crippen LogP contribution in [-0.4, -0.2) is 55.3 Å². The van der Waals surface area contributed by atoms with Gasteiger partial charge >= 0.3 is 0 Å². The van der Waals surface area contributed by atoms with E-state index >= 15 is 0 Å². The third-order valence-electron chi connectivity index (χ3n) is 3.86. The van der Waals surface area contributed by atoms with Crippen molar-refractivity contribution in [3.8, 4) is 0 Å². The Kier molecular flexibility index (Phi) is 4.45. The molecule has 0 aliphatic carbocycles. The Morgan fingerprint density at radius 2 is 2.17 bits per heavy atom. The second-order valence-electron chi connectivity index (χ2n) is 5.82. The van der Waals surface area contributed by atoms with Crippen LogP contribution in [0.4, 0.5) is 0 Å². The van der Waals surface area contributed by atoms with Gasteiger partial charge in [-0.15, -0.1) is 0 Å². The summed E-state index contributed by atoms with van der Waals surface area (Å²) >= 11 is 0. The van der Waals surface area contributed by atoms with Crippen LogP contribution in [0.1, 0.15) is 20.1 Å². The predicted octanol–water partition coefficient (Wildman–Crippen LogP) is -0.673. The maximum absolute atomic E-state index is 11.4. The summed E-state index contributed by atoms with van der Waals surface area (Å²) in [5.74, 6) is -0.762. The van der Waals surface area contributed by atoms with Gasteiger partial charge in [-0.3, -0.25) is 4.98 Å². The summed E-state index contributed by atoms with van der Waals surface area (Å²) < 4.78 is 19.2. The van der Waals surface area contributed by atoms with Gasteiger partial charge in [0.2, 0.25) is 5.69 Å². The van der Waals surface area contributed by atoms with E-state index in [1.807, 2.05) is 13.8 Å². The van der Waals surface area contributed by atoms with Crippen molar-refractivity contribution >= 4 is 11.2 Å². The van der Waals surface area contributed by atoms with Gasteiger partial charge in [-0.2, -0.15) is 0 Å². The van der Waals surface area contributed by atoms with Crippen LogP contribution in [0.2, 0.25) is 0 Å². The number of fused-ring (bicyclic) bond motifs is 2. The fraction of sp³-hybridized carbons (Fsp3) is 0.615. The van der Waals surface area contributed by atoms with Crippen molar-refractivity contribution in [1.29, 1.82) is 0 Å². The first kappa shape index (κ1) is 17.1. The molecule has 0 bridgehead atoms. The molecule has 4 rings (SSSR count). The number of rotatable bonds is 2. The van der Waals surface area contributed by atoms with Gasteiger partial charge in [-0.05, 0) is 20.0 Å². The van der Waals surface area contributed by atoms with Crippen LogP contribution >= 0.6 is 0 Å². The molecule has 2 aliphatic rings. The first-order valence-electron chi connectivity index (χ1n) is 6.95. The molecule has 121 valence electrons. The van der Waals surface area contributed by atoms with Crippen LogP contribution in [0.15, 0.2) is 11.1 Å². The van der Waals surface area contributed by atoms with Crippen LogP contribution < -0.4 is 5.69 Å². The third kappa shape index (κ3) is 2.79. The van der Waals surface area contributed by atoms with Crippen molar-refractivity contribution in [3.05, 3.63) is 23.0 Å². The first-order valence-corrected chi connectivity index (χ1v) is 6.95. The number of aromatic nitrogens is 4. The zero-order valence-corrected chi connectivity index (χ0v) is 15.4. The molecule has 2 saturated heterocycles. The molecule has 2 aliphatic heterocycles. The predicted molar refractivity (Wildman–Crippen MR) is 71.8 cm³/mol. The Morgan fingerprint density at radius 1 is 1.43 bits per heavy atom. The SMILES string of the molecule is CC1(C)OC2[C@@H](O1)[C@@H](CO)O[C@H]2n1cnc2[c-]nc(=O)[nH]c21.[Y]. The quantitative estimate of drug-likeness (QED) is 0.648. The van der Waals surface area contributed by atoms with Crippen molar-refractivity contribution in [2.45, 2.75) is 44.2 Å². The molecule has 9 nitrogen and oxygen atoms in total. The molecule has 4 atom stereocenters. The molecule has 0 aromatic carbocycles. The number of imidazole rings is 1. The molecule has 10 heteroatoms. The second-order valence-corrected chi connectivity index (χ2v) is 5.82. The zero-order chi connectivity index (χ0) is 15.5.